The maximum atomic E-state index is 10.4. The van der Waals surface area contributed by atoms with Crippen molar-refractivity contribution in [1.82, 2.24) is 4.98 Å². The third-order valence-electron chi connectivity index (χ3n) is 4.30. The van der Waals surface area contributed by atoms with Gasteiger partial charge in [0.2, 0.25) is 0 Å². The van der Waals surface area contributed by atoms with Crippen molar-refractivity contribution in [3.05, 3.63) is 29.6 Å². The number of nitrogens with zero attached hydrogens (tertiary/aromatic N) is 1. The van der Waals surface area contributed by atoms with Crippen molar-refractivity contribution in [3.8, 4) is 0 Å². The molecule has 1 aromatic rings. The van der Waals surface area contributed by atoms with Gasteiger partial charge in [-0.15, -0.1) is 0 Å². The Morgan fingerprint density at radius 1 is 1.33 bits per heavy atom. The van der Waals surface area contributed by atoms with Crippen molar-refractivity contribution in [2.24, 2.45) is 5.92 Å². The average Bonchev–Trinajstić information content (AvgIpc) is 2.83. The van der Waals surface area contributed by atoms with E-state index < -0.39 is 12.2 Å². The predicted octanol–water partition coefficient (Wildman–Crippen LogP) is 2.27. The number of aromatic nitrogens is 1. The second-order valence-corrected chi connectivity index (χ2v) is 5.25. The molecule has 0 aromatic carbocycles. The van der Waals surface area contributed by atoms with Crippen LogP contribution in [0.5, 0.6) is 0 Å². The number of fused-ring (bicyclic) bond motifs is 1. The van der Waals surface area contributed by atoms with Crippen LogP contribution in [-0.2, 0) is 6.42 Å². The number of aliphatic hydroxyl groups excluding tert-OH is 2. The summed E-state index contributed by atoms with van der Waals surface area (Å²) in [4.78, 5) is 4.38. The minimum Gasteiger partial charge on any atom is -0.390 e. The molecule has 0 saturated heterocycles. The van der Waals surface area contributed by atoms with Crippen molar-refractivity contribution in [3.63, 3.8) is 0 Å². The fraction of sp³-hybridized carbons (Fsp3) is 0.667. The molecule has 0 spiro atoms. The average molecular weight is 249 g/mol. The van der Waals surface area contributed by atoms with Crippen LogP contribution in [0.25, 0.3) is 0 Å². The Hall–Kier alpha value is -0.930. The summed E-state index contributed by atoms with van der Waals surface area (Å²) in [6.07, 6.45) is 4.09. The van der Waals surface area contributed by atoms with E-state index in [0.29, 0.717) is 0 Å². The Labute approximate surface area is 109 Å². The molecule has 18 heavy (non-hydrogen) atoms. The van der Waals surface area contributed by atoms with Crippen LogP contribution in [0.1, 0.15) is 50.3 Å². The summed E-state index contributed by atoms with van der Waals surface area (Å²) in [5, 5.41) is 20.7. The van der Waals surface area contributed by atoms with Crippen molar-refractivity contribution in [2.45, 2.75) is 57.7 Å². The van der Waals surface area contributed by atoms with Crippen LogP contribution < -0.4 is 0 Å². The summed E-state index contributed by atoms with van der Waals surface area (Å²) in [5.41, 5.74) is 2.20. The summed E-state index contributed by atoms with van der Waals surface area (Å²) < 4.78 is 0. The first kappa shape index (κ1) is 13.5. The van der Waals surface area contributed by atoms with Gasteiger partial charge in [0.1, 0.15) is 0 Å². The van der Waals surface area contributed by atoms with Gasteiger partial charge in [-0.05, 0) is 30.4 Å². The number of aliphatic hydroxyl groups is 2. The molecule has 3 unspecified atom stereocenters. The van der Waals surface area contributed by atoms with Crippen molar-refractivity contribution in [1.29, 1.82) is 0 Å². The molecule has 0 amide bonds. The Balaban J connectivity index is 2.13. The third-order valence-corrected chi connectivity index (χ3v) is 4.30. The van der Waals surface area contributed by atoms with E-state index in [9.17, 15) is 10.2 Å². The molecule has 0 radical (unpaired) electrons. The summed E-state index contributed by atoms with van der Waals surface area (Å²) in [7, 11) is 0. The number of rotatable bonds is 5. The Morgan fingerprint density at radius 2 is 2.06 bits per heavy atom. The molecule has 3 heteroatoms. The zero-order chi connectivity index (χ0) is 13.1. The van der Waals surface area contributed by atoms with Gasteiger partial charge in [0, 0.05) is 17.8 Å². The largest absolute Gasteiger partial charge is 0.390 e. The monoisotopic (exact) mass is 249 g/mol. The van der Waals surface area contributed by atoms with Gasteiger partial charge in [0.25, 0.3) is 0 Å². The smallest absolute Gasteiger partial charge is 0.0885 e. The number of hydrogen-bond donors (Lipinski definition) is 2. The van der Waals surface area contributed by atoms with E-state index in [4.69, 9.17) is 0 Å². The van der Waals surface area contributed by atoms with Gasteiger partial charge in [-0.3, -0.25) is 4.98 Å². The van der Waals surface area contributed by atoms with E-state index in [1.165, 1.54) is 5.56 Å². The molecule has 2 N–H and O–H groups in total. The van der Waals surface area contributed by atoms with E-state index in [2.05, 4.69) is 24.9 Å². The molecule has 1 heterocycles. The van der Waals surface area contributed by atoms with E-state index in [1.54, 1.807) is 6.20 Å². The molecule has 1 aliphatic carbocycles. The van der Waals surface area contributed by atoms with Gasteiger partial charge < -0.3 is 10.2 Å². The van der Waals surface area contributed by atoms with Crippen LogP contribution in [0.2, 0.25) is 0 Å². The summed E-state index contributed by atoms with van der Waals surface area (Å²) in [6, 6.07) is 4.00. The molecule has 0 aliphatic heterocycles. The van der Waals surface area contributed by atoms with Gasteiger partial charge in [0.15, 0.2) is 0 Å². The number of pyridine rings is 1. The molecule has 0 saturated carbocycles. The van der Waals surface area contributed by atoms with Crippen LogP contribution in [0.4, 0.5) is 0 Å². The zero-order valence-electron chi connectivity index (χ0n) is 11.2. The van der Waals surface area contributed by atoms with Crippen molar-refractivity contribution in [2.75, 3.05) is 0 Å². The molecule has 0 fully saturated rings. The topological polar surface area (TPSA) is 53.4 Å². The highest BCUT2D eigenvalue weighted by molar-refractivity contribution is 5.29. The quantitative estimate of drug-likeness (QED) is 0.841. The van der Waals surface area contributed by atoms with Crippen molar-refractivity contribution >= 4 is 0 Å². The highest BCUT2D eigenvalue weighted by Gasteiger charge is 2.36. The Kier molecular flexibility index (Phi) is 4.36. The summed E-state index contributed by atoms with van der Waals surface area (Å²) in [5.74, 6) is 0.171. The second-order valence-electron chi connectivity index (χ2n) is 5.25. The second kappa shape index (κ2) is 5.81. The van der Waals surface area contributed by atoms with Crippen LogP contribution >= 0.6 is 0 Å². The lowest BCUT2D eigenvalue weighted by Gasteiger charge is -2.29. The molecule has 3 atom stereocenters. The minimum absolute atomic E-state index is 0.00296. The van der Waals surface area contributed by atoms with E-state index >= 15 is 0 Å². The fourth-order valence-electron chi connectivity index (χ4n) is 3.06. The maximum Gasteiger partial charge on any atom is 0.0885 e. The van der Waals surface area contributed by atoms with Crippen LogP contribution in [0, 0.1) is 5.92 Å². The first-order valence-electron chi connectivity index (χ1n) is 6.98. The fourth-order valence-corrected chi connectivity index (χ4v) is 3.06. The van der Waals surface area contributed by atoms with Crippen molar-refractivity contribution < 1.29 is 10.2 Å². The lowest BCUT2D eigenvalue weighted by atomic mass is 9.85. The molecule has 100 valence electrons. The Morgan fingerprint density at radius 3 is 2.72 bits per heavy atom. The molecule has 1 aliphatic rings. The van der Waals surface area contributed by atoms with E-state index in [1.807, 2.05) is 6.07 Å². The van der Waals surface area contributed by atoms with Gasteiger partial charge in [-0.1, -0.05) is 32.8 Å². The normalized spacial score (nSPS) is 21.9. The van der Waals surface area contributed by atoms with E-state index in [-0.39, 0.29) is 11.8 Å². The van der Waals surface area contributed by atoms with Crippen LogP contribution in [0.3, 0.4) is 0 Å². The van der Waals surface area contributed by atoms with Crippen LogP contribution in [-0.4, -0.2) is 27.4 Å². The number of aryl methyl sites for hydroxylation is 1. The summed E-state index contributed by atoms with van der Waals surface area (Å²) in [6.45, 7) is 4.12. The molecule has 2 rings (SSSR count). The van der Waals surface area contributed by atoms with Gasteiger partial charge in [0.05, 0.1) is 12.2 Å². The number of hydrogen-bond acceptors (Lipinski definition) is 3. The molecular weight excluding hydrogens is 226 g/mol. The SMILES string of the molecule is CCC(CC)C(O)C(O)C1CCc2cccnc21. The molecule has 3 nitrogen and oxygen atoms in total. The standard InChI is InChI=1S/C15H23NO2/c1-3-10(4-2)14(17)15(18)12-8-7-11-6-5-9-16-13(11)12/h5-6,9-10,12,14-15,17-18H,3-4,7-8H2,1-2H3. The maximum absolute atomic E-state index is 10.4. The summed E-state index contributed by atoms with van der Waals surface area (Å²) >= 11 is 0. The van der Waals surface area contributed by atoms with Crippen LogP contribution in [0.15, 0.2) is 18.3 Å². The van der Waals surface area contributed by atoms with E-state index in [0.717, 1.165) is 31.4 Å². The predicted molar refractivity (Wildman–Crippen MR) is 71.4 cm³/mol. The first-order valence-corrected chi connectivity index (χ1v) is 6.98. The molecular formula is C15H23NO2. The lowest BCUT2D eigenvalue weighted by molar-refractivity contribution is -0.0334. The molecule has 0 bridgehead atoms. The third kappa shape index (κ3) is 2.43. The van der Waals surface area contributed by atoms with Gasteiger partial charge in [-0.25, -0.2) is 0 Å². The zero-order valence-corrected chi connectivity index (χ0v) is 11.2. The van der Waals surface area contributed by atoms with Gasteiger partial charge >= 0.3 is 0 Å². The highest BCUT2D eigenvalue weighted by Crippen LogP contribution is 2.36. The minimum atomic E-state index is -0.689. The molecule has 1 aromatic heterocycles. The van der Waals surface area contributed by atoms with Gasteiger partial charge in [-0.2, -0.15) is 0 Å². The Bertz CT molecular complexity index is 390. The first-order chi connectivity index (χ1) is 8.69. The lowest BCUT2D eigenvalue weighted by Crippen LogP contribution is -2.37. The highest BCUT2D eigenvalue weighted by atomic mass is 16.3.